The first-order valence-corrected chi connectivity index (χ1v) is 4.76. The van der Waals surface area contributed by atoms with Crippen LogP contribution >= 0.6 is 11.6 Å². The molecule has 0 radical (unpaired) electrons. The first kappa shape index (κ1) is 7.60. The van der Waals surface area contributed by atoms with Crippen molar-refractivity contribution in [2.75, 3.05) is 0 Å². The number of hydrogen-bond acceptors (Lipinski definition) is 1. The van der Waals surface area contributed by atoms with Gasteiger partial charge in [-0.2, -0.15) is 0 Å². The van der Waals surface area contributed by atoms with Crippen LogP contribution in [0.3, 0.4) is 0 Å². The summed E-state index contributed by atoms with van der Waals surface area (Å²) in [7, 11) is 0. The zero-order valence-corrected chi connectivity index (χ0v) is 7.36. The molecule has 0 aromatic rings. The molecule has 2 atom stereocenters. The van der Waals surface area contributed by atoms with Gasteiger partial charge in [0.05, 0.1) is 4.87 Å². The molecule has 2 bridgehead atoms. The molecule has 0 aromatic carbocycles. The number of Topliss-reactive ketones (excluding diaryl/α,β-unsaturated/α-hetero) is 1. The Bertz CT molecular complexity index is 190. The number of ketones is 1. The standard InChI is InChI=1S/C9H13ClO/c10-9-3-1-2-7(5-9)4-8(11)6-9/h7H,1-6H2. The quantitative estimate of drug-likeness (QED) is 0.514. The number of hydrogen-bond donors (Lipinski definition) is 0. The summed E-state index contributed by atoms with van der Waals surface area (Å²) >= 11 is 6.28. The van der Waals surface area contributed by atoms with E-state index < -0.39 is 0 Å². The van der Waals surface area contributed by atoms with Crippen molar-refractivity contribution >= 4 is 17.4 Å². The third kappa shape index (κ3) is 1.44. The third-order valence-corrected chi connectivity index (χ3v) is 3.40. The smallest absolute Gasteiger partial charge is 0.134 e. The van der Waals surface area contributed by atoms with Crippen molar-refractivity contribution in [3.05, 3.63) is 0 Å². The highest BCUT2D eigenvalue weighted by molar-refractivity contribution is 6.25. The van der Waals surface area contributed by atoms with Crippen LogP contribution in [0.4, 0.5) is 0 Å². The van der Waals surface area contributed by atoms with Crippen molar-refractivity contribution in [1.29, 1.82) is 0 Å². The van der Waals surface area contributed by atoms with Crippen molar-refractivity contribution in [3.8, 4) is 0 Å². The van der Waals surface area contributed by atoms with Crippen LogP contribution in [0.15, 0.2) is 0 Å². The van der Waals surface area contributed by atoms with E-state index in [-0.39, 0.29) is 4.87 Å². The summed E-state index contributed by atoms with van der Waals surface area (Å²) in [5.74, 6) is 0.999. The van der Waals surface area contributed by atoms with Crippen molar-refractivity contribution in [3.63, 3.8) is 0 Å². The van der Waals surface area contributed by atoms with Gasteiger partial charge in [-0.15, -0.1) is 11.6 Å². The second-order valence-corrected chi connectivity index (χ2v) is 4.83. The maximum Gasteiger partial charge on any atom is 0.134 e. The zero-order valence-electron chi connectivity index (χ0n) is 6.61. The van der Waals surface area contributed by atoms with Crippen LogP contribution in [0.5, 0.6) is 0 Å². The summed E-state index contributed by atoms with van der Waals surface area (Å²) in [5, 5.41) is 0. The molecular formula is C9H13ClO. The fourth-order valence-corrected chi connectivity index (χ4v) is 3.01. The van der Waals surface area contributed by atoms with E-state index in [2.05, 4.69) is 0 Å². The molecule has 2 saturated carbocycles. The first-order valence-electron chi connectivity index (χ1n) is 4.39. The van der Waals surface area contributed by atoms with E-state index in [1.165, 1.54) is 12.8 Å². The van der Waals surface area contributed by atoms with Gasteiger partial charge in [0.15, 0.2) is 0 Å². The van der Waals surface area contributed by atoms with Crippen LogP contribution in [-0.2, 0) is 4.79 Å². The van der Waals surface area contributed by atoms with E-state index in [1.807, 2.05) is 0 Å². The molecule has 2 aliphatic carbocycles. The Morgan fingerprint density at radius 3 is 3.09 bits per heavy atom. The van der Waals surface area contributed by atoms with Gasteiger partial charge in [-0.25, -0.2) is 0 Å². The van der Waals surface area contributed by atoms with Crippen molar-refractivity contribution in [1.82, 2.24) is 0 Å². The van der Waals surface area contributed by atoms with E-state index in [1.54, 1.807) is 0 Å². The second-order valence-electron chi connectivity index (χ2n) is 4.03. The second kappa shape index (κ2) is 2.48. The molecule has 0 amide bonds. The topological polar surface area (TPSA) is 17.1 Å². The number of carbonyl (C=O) groups is 1. The van der Waals surface area contributed by atoms with Gasteiger partial charge in [-0.3, -0.25) is 4.79 Å². The molecule has 0 spiro atoms. The van der Waals surface area contributed by atoms with Crippen molar-refractivity contribution in [2.45, 2.75) is 43.4 Å². The molecule has 0 saturated heterocycles. The molecule has 11 heavy (non-hydrogen) atoms. The highest BCUT2D eigenvalue weighted by Crippen LogP contribution is 2.45. The molecule has 1 nitrogen and oxygen atoms in total. The molecular weight excluding hydrogens is 160 g/mol. The van der Waals surface area contributed by atoms with Gasteiger partial charge in [0.1, 0.15) is 5.78 Å². The lowest BCUT2D eigenvalue weighted by molar-refractivity contribution is -0.123. The van der Waals surface area contributed by atoms with Crippen LogP contribution in [-0.4, -0.2) is 10.7 Å². The van der Waals surface area contributed by atoms with Gasteiger partial charge in [-0.1, -0.05) is 6.42 Å². The van der Waals surface area contributed by atoms with E-state index in [0.717, 1.165) is 19.3 Å². The zero-order chi connectivity index (χ0) is 7.90. The normalized spacial score (nSPS) is 44.1. The summed E-state index contributed by atoms with van der Waals surface area (Å²) in [4.78, 5) is 11.1. The monoisotopic (exact) mass is 172 g/mol. The SMILES string of the molecule is O=C1CC2CCCC(Cl)(C1)C2. The first-order chi connectivity index (χ1) is 5.18. The lowest BCUT2D eigenvalue weighted by atomic mass is 9.71. The largest absolute Gasteiger partial charge is 0.300 e. The molecule has 0 aromatic heterocycles. The van der Waals surface area contributed by atoms with Gasteiger partial charge in [-0.05, 0) is 25.2 Å². The molecule has 2 aliphatic rings. The fraction of sp³-hybridized carbons (Fsp3) is 0.889. The molecule has 0 N–H and O–H groups in total. The summed E-state index contributed by atoms with van der Waals surface area (Å²) in [5.41, 5.74) is 0. The number of rotatable bonds is 0. The Balaban J connectivity index is 2.15. The fourth-order valence-electron chi connectivity index (χ4n) is 2.51. The van der Waals surface area contributed by atoms with Gasteiger partial charge in [0, 0.05) is 12.8 Å². The lowest BCUT2D eigenvalue weighted by Crippen LogP contribution is -2.38. The Morgan fingerprint density at radius 2 is 2.36 bits per heavy atom. The summed E-state index contributed by atoms with van der Waals surface area (Å²) in [6.07, 6.45) is 6.01. The highest BCUT2D eigenvalue weighted by Gasteiger charge is 2.40. The maximum absolute atomic E-state index is 11.2. The average Bonchev–Trinajstić information content (AvgIpc) is 1.82. The van der Waals surface area contributed by atoms with Crippen molar-refractivity contribution in [2.24, 2.45) is 5.92 Å². The molecule has 2 heteroatoms. The Kier molecular flexibility index (Phi) is 1.71. The highest BCUT2D eigenvalue weighted by atomic mass is 35.5. The average molecular weight is 173 g/mol. The summed E-state index contributed by atoms with van der Waals surface area (Å²) in [6, 6.07) is 0. The van der Waals surface area contributed by atoms with Crippen LogP contribution in [0, 0.1) is 5.92 Å². The predicted molar refractivity (Wildman–Crippen MR) is 44.8 cm³/mol. The molecule has 2 rings (SSSR count). The minimum atomic E-state index is -0.127. The van der Waals surface area contributed by atoms with Crippen LogP contribution in [0.1, 0.15) is 38.5 Å². The van der Waals surface area contributed by atoms with E-state index in [0.29, 0.717) is 18.1 Å². The van der Waals surface area contributed by atoms with Crippen LogP contribution in [0.2, 0.25) is 0 Å². The maximum atomic E-state index is 11.2. The van der Waals surface area contributed by atoms with E-state index in [9.17, 15) is 4.79 Å². The van der Waals surface area contributed by atoms with Gasteiger partial charge in [0.2, 0.25) is 0 Å². The summed E-state index contributed by atoms with van der Waals surface area (Å²) < 4.78 is 0. The van der Waals surface area contributed by atoms with E-state index >= 15 is 0 Å². The Morgan fingerprint density at radius 1 is 1.55 bits per heavy atom. The Hall–Kier alpha value is -0.0400. The number of alkyl halides is 1. The molecule has 0 aliphatic heterocycles. The van der Waals surface area contributed by atoms with Crippen LogP contribution in [0.25, 0.3) is 0 Å². The number of carbonyl (C=O) groups excluding carboxylic acids is 1. The Labute approximate surface area is 72.1 Å². The lowest BCUT2D eigenvalue weighted by Gasteiger charge is -2.39. The van der Waals surface area contributed by atoms with Gasteiger partial charge >= 0.3 is 0 Å². The van der Waals surface area contributed by atoms with Crippen molar-refractivity contribution < 1.29 is 4.79 Å². The predicted octanol–water partition coefficient (Wildman–Crippen LogP) is 2.52. The van der Waals surface area contributed by atoms with E-state index in [4.69, 9.17) is 11.6 Å². The molecule has 62 valence electrons. The molecule has 2 fully saturated rings. The van der Waals surface area contributed by atoms with Gasteiger partial charge < -0.3 is 0 Å². The summed E-state index contributed by atoms with van der Waals surface area (Å²) in [6.45, 7) is 0. The molecule has 0 heterocycles. The van der Waals surface area contributed by atoms with Crippen LogP contribution < -0.4 is 0 Å². The number of halogens is 1. The molecule has 2 unspecified atom stereocenters. The number of fused-ring (bicyclic) bond motifs is 2. The van der Waals surface area contributed by atoms with Gasteiger partial charge in [0.25, 0.3) is 0 Å². The minimum absolute atomic E-state index is 0.127. The minimum Gasteiger partial charge on any atom is -0.300 e. The third-order valence-electron chi connectivity index (χ3n) is 2.92.